The lowest BCUT2D eigenvalue weighted by Crippen LogP contribution is -2.32. The molecule has 66 valence electrons. The van der Waals surface area contributed by atoms with E-state index in [9.17, 15) is 0 Å². The van der Waals surface area contributed by atoms with Crippen LogP contribution in [0, 0.1) is 0 Å². The Labute approximate surface area is 69.6 Å². The van der Waals surface area contributed by atoms with Crippen molar-refractivity contribution < 1.29 is 9.90 Å². The Morgan fingerprint density at radius 3 is 1.73 bits per heavy atom. The van der Waals surface area contributed by atoms with Crippen molar-refractivity contribution in [1.82, 2.24) is 0 Å². The number of rotatable bonds is 1. The van der Waals surface area contributed by atoms with Crippen LogP contribution in [0.25, 0.3) is 0 Å². The van der Waals surface area contributed by atoms with E-state index in [2.05, 4.69) is 19.6 Å². The predicted molar refractivity (Wildman–Crippen MR) is 49.6 cm³/mol. The molecule has 0 aliphatic heterocycles. The van der Waals surface area contributed by atoms with Crippen molar-refractivity contribution in [3.05, 3.63) is 0 Å². The Hall–Kier alpha value is -0.313. The van der Waals surface area contributed by atoms with Crippen LogP contribution in [0.2, 0.25) is 25.2 Å². The molecule has 0 saturated heterocycles. The van der Waals surface area contributed by atoms with E-state index in [-0.39, 0.29) is 6.47 Å². The smallest absolute Gasteiger partial charge is 0.290 e. The van der Waals surface area contributed by atoms with E-state index in [1.807, 2.05) is 0 Å². The summed E-state index contributed by atoms with van der Waals surface area (Å²) < 4.78 is 0. The second-order valence-electron chi connectivity index (χ2n) is 4.10. The third kappa shape index (κ3) is 4.19. The van der Waals surface area contributed by atoms with Crippen LogP contribution in [-0.4, -0.2) is 19.7 Å². The molecule has 3 heteroatoms. The van der Waals surface area contributed by atoms with E-state index in [4.69, 9.17) is 9.90 Å². The van der Waals surface area contributed by atoms with Crippen LogP contribution >= 0.6 is 0 Å². The third-order valence-electron chi connectivity index (χ3n) is 2.33. The predicted octanol–water partition coefficient (Wildman–Crippen LogP) is 2.58. The molecule has 1 N–H and O–H groups in total. The van der Waals surface area contributed by atoms with E-state index < -0.39 is 8.07 Å². The Balaban J connectivity index is 0.000000292. The van der Waals surface area contributed by atoms with Gasteiger partial charge in [-0.2, -0.15) is 0 Å². The third-order valence-corrected chi connectivity index (χ3v) is 5.36. The largest absolute Gasteiger partial charge is 0.483 e. The van der Waals surface area contributed by atoms with Gasteiger partial charge in [0.25, 0.3) is 6.47 Å². The summed E-state index contributed by atoms with van der Waals surface area (Å²) in [6, 6.07) is 0. The van der Waals surface area contributed by atoms with Gasteiger partial charge in [-0.05, 0) is 5.54 Å². The lowest BCUT2D eigenvalue weighted by Gasteiger charge is -2.35. The van der Waals surface area contributed by atoms with Crippen LogP contribution < -0.4 is 0 Å². The fourth-order valence-electron chi connectivity index (χ4n) is 1.27. The van der Waals surface area contributed by atoms with Crippen molar-refractivity contribution in [2.24, 2.45) is 0 Å². The van der Waals surface area contributed by atoms with Crippen LogP contribution in [0.5, 0.6) is 0 Å². The second-order valence-corrected chi connectivity index (χ2v) is 9.65. The monoisotopic (exact) mass is 174 g/mol. The van der Waals surface area contributed by atoms with E-state index in [0.29, 0.717) is 0 Å². The summed E-state index contributed by atoms with van der Waals surface area (Å²) in [6.45, 7) is 7.20. The summed E-state index contributed by atoms with van der Waals surface area (Å²) in [5, 5.41) is 6.89. The first-order valence-electron chi connectivity index (χ1n) is 4.10. The molecular weight excluding hydrogens is 156 g/mol. The van der Waals surface area contributed by atoms with Crippen molar-refractivity contribution >= 4 is 14.5 Å². The first kappa shape index (κ1) is 10.7. The number of hydrogen-bond donors (Lipinski definition) is 1. The maximum atomic E-state index is 8.36. The van der Waals surface area contributed by atoms with Gasteiger partial charge < -0.3 is 5.11 Å². The Morgan fingerprint density at radius 2 is 1.73 bits per heavy atom. The van der Waals surface area contributed by atoms with E-state index >= 15 is 0 Å². The standard InChI is InChI=1S/C7H16Si.CH2O2/c1-8(2,3)7-5-4-6-7;2-1-3/h7H,4-6H2,1-3H3;1H,(H,2,3). The highest BCUT2D eigenvalue weighted by atomic mass is 28.3. The highest BCUT2D eigenvalue weighted by Gasteiger charge is 2.30. The van der Waals surface area contributed by atoms with Crippen molar-refractivity contribution in [1.29, 1.82) is 0 Å². The maximum Gasteiger partial charge on any atom is 0.290 e. The molecule has 1 aliphatic rings. The molecule has 0 bridgehead atoms. The van der Waals surface area contributed by atoms with E-state index in [0.717, 1.165) is 0 Å². The average molecular weight is 174 g/mol. The normalized spacial score (nSPS) is 17.7. The Morgan fingerprint density at radius 1 is 1.36 bits per heavy atom. The molecule has 0 amide bonds. The van der Waals surface area contributed by atoms with Gasteiger partial charge in [0.15, 0.2) is 0 Å². The second kappa shape index (κ2) is 4.54. The minimum absolute atomic E-state index is 0.250. The SMILES string of the molecule is C[Si](C)(C)C1CCC1.O=CO. The maximum absolute atomic E-state index is 8.36. The summed E-state index contributed by atoms with van der Waals surface area (Å²) in [7, 11) is -0.674. The molecule has 0 spiro atoms. The van der Waals surface area contributed by atoms with E-state index in [1.54, 1.807) is 0 Å². The van der Waals surface area contributed by atoms with Crippen molar-refractivity contribution in [2.75, 3.05) is 0 Å². The molecule has 1 aliphatic carbocycles. The van der Waals surface area contributed by atoms with Gasteiger partial charge in [-0.1, -0.05) is 38.9 Å². The summed E-state index contributed by atoms with van der Waals surface area (Å²) in [5.41, 5.74) is 1.17. The van der Waals surface area contributed by atoms with Crippen LogP contribution in [0.4, 0.5) is 0 Å². The molecule has 0 unspecified atom stereocenters. The van der Waals surface area contributed by atoms with Crippen LogP contribution in [0.3, 0.4) is 0 Å². The molecule has 1 fully saturated rings. The summed E-state index contributed by atoms with van der Waals surface area (Å²) >= 11 is 0. The molecular formula is C8H18O2Si. The van der Waals surface area contributed by atoms with Gasteiger partial charge in [0.1, 0.15) is 0 Å². The first-order valence-corrected chi connectivity index (χ1v) is 7.68. The lowest BCUT2D eigenvalue weighted by molar-refractivity contribution is -0.122. The fraction of sp³-hybridized carbons (Fsp3) is 0.875. The molecule has 0 aromatic carbocycles. The molecule has 11 heavy (non-hydrogen) atoms. The lowest BCUT2D eigenvalue weighted by atomic mass is 10.00. The molecule has 0 aromatic rings. The highest BCUT2D eigenvalue weighted by molar-refractivity contribution is 6.77. The summed E-state index contributed by atoms with van der Waals surface area (Å²) in [6.07, 6.45) is 4.58. The van der Waals surface area contributed by atoms with Crippen molar-refractivity contribution in [3.8, 4) is 0 Å². The highest BCUT2D eigenvalue weighted by Crippen LogP contribution is 2.40. The Bertz CT molecular complexity index is 114. The zero-order valence-corrected chi connectivity index (χ0v) is 8.63. The van der Waals surface area contributed by atoms with Crippen LogP contribution in [0.1, 0.15) is 19.3 Å². The van der Waals surface area contributed by atoms with Gasteiger partial charge in [-0.3, -0.25) is 4.79 Å². The van der Waals surface area contributed by atoms with Crippen molar-refractivity contribution in [3.63, 3.8) is 0 Å². The van der Waals surface area contributed by atoms with Gasteiger partial charge in [-0.25, -0.2) is 0 Å². The minimum atomic E-state index is -0.674. The summed E-state index contributed by atoms with van der Waals surface area (Å²) in [5.74, 6) is 0. The fourth-order valence-corrected chi connectivity index (χ4v) is 3.41. The molecule has 0 radical (unpaired) electrons. The van der Waals surface area contributed by atoms with Gasteiger partial charge in [0.05, 0.1) is 0 Å². The molecule has 0 heterocycles. The number of hydrogen-bond acceptors (Lipinski definition) is 1. The van der Waals surface area contributed by atoms with Gasteiger partial charge in [0, 0.05) is 8.07 Å². The van der Waals surface area contributed by atoms with E-state index in [1.165, 1.54) is 24.8 Å². The van der Waals surface area contributed by atoms with Crippen LogP contribution in [0.15, 0.2) is 0 Å². The van der Waals surface area contributed by atoms with Crippen molar-refractivity contribution in [2.45, 2.75) is 44.4 Å². The van der Waals surface area contributed by atoms with Gasteiger partial charge in [0.2, 0.25) is 0 Å². The topological polar surface area (TPSA) is 37.3 Å². The number of carboxylic acid groups (broad SMARTS) is 1. The zero-order valence-electron chi connectivity index (χ0n) is 7.63. The van der Waals surface area contributed by atoms with Gasteiger partial charge >= 0.3 is 0 Å². The van der Waals surface area contributed by atoms with Crippen LogP contribution in [-0.2, 0) is 4.79 Å². The van der Waals surface area contributed by atoms with Gasteiger partial charge in [-0.15, -0.1) is 0 Å². The molecule has 2 nitrogen and oxygen atoms in total. The Kier molecular flexibility index (Phi) is 4.41. The quantitative estimate of drug-likeness (QED) is 0.490. The molecule has 0 atom stereocenters. The number of carbonyl (C=O) groups is 1. The molecule has 0 aromatic heterocycles. The molecule has 1 saturated carbocycles. The molecule has 1 rings (SSSR count). The summed E-state index contributed by atoms with van der Waals surface area (Å²) in [4.78, 5) is 8.36. The first-order chi connectivity index (χ1) is 5.02. The average Bonchev–Trinajstić information content (AvgIpc) is 1.54. The minimum Gasteiger partial charge on any atom is -0.483 e. The zero-order chi connectivity index (χ0) is 8.91.